The van der Waals surface area contributed by atoms with Gasteiger partial charge in [0.25, 0.3) is 0 Å². The molecule has 0 aromatic heterocycles. The fourth-order valence-corrected chi connectivity index (χ4v) is 3.30. The number of ether oxygens (including phenoxy) is 1. The van der Waals surface area contributed by atoms with Crippen LogP contribution in [-0.2, 0) is 11.3 Å². The van der Waals surface area contributed by atoms with Crippen molar-refractivity contribution in [2.24, 2.45) is 0 Å². The molecule has 5 heteroatoms. The van der Waals surface area contributed by atoms with Gasteiger partial charge in [-0.2, -0.15) is 0 Å². The Morgan fingerprint density at radius 1 is 1.22 bits per heavy atom. The summed E-state index contributed by atoms with van der Waals surface area (Å²) in [5.74, 6) is 0.383. The van der Waals surface area contributed by atoms with Crippen LogP contribution >= 0.6 is 0 Å². The van der Waals surface area contributed by atoms with Crippen molar-refractivity contribution in [1.29, 1.82) is 0 Å². The highest BCUT2D eigenvalue weighted by atomic mass is 16.5. The second-order valence-corrected chi connectivity index (χ2v) is 6.81. The van der Waals surface area contributed by atoms with Gasteiger partial charge in [-0.1, -0.05) is 36.4 Å². The molecule has 1 heterocycles. The molecule has 0 atom stereocenters. The van der Waals surface area contributed by atoms with Gasteiger partial charge in [0.05, 0.1) is 7.11 Å². The molecule has 2 aromatic rings. The third kappa shape index (κ3) is 5.59. The first-order valence-electron chi connectivity index (χ1n) is 9.26. The number of benzene rings is 2. The summed E-state index contributed by atoms with van der Waals surface area (Å²) in [6.07, 6.45) is 5.17. The summed E-state index contributed by atoms with van der Waals surface area (Å²) in [5.41, 5.74) is 2.13. The van der Waals surface area contributed by atoms with E-state index in [4.69, 9.17) is 4.74 Å². The molecular weight excluding hydrogens is 340 g/mol. The predicted octanol–water partition coefficient (Wildman–Crippen LogP) is 3.19. The molecule has 1 fully saturated rings. The minimum atomic E-state index is -0.0939. The second kappa shape index (κ2) is 9.24. The van der Waals surface area contributed by atoms with Crippen LogP contribution in [0.2, 0.25) is 0 Å². The number of hydrogen-bond donors (Lipinski definition) is 2. The molecule has 0 spiro atoms. The van der Waals surface area contributed by atoms with Crippen molar-refractivity contribution in [2.75, 3.05) is 20.2 Å². The van der Waals surface area contributed by atoms with Gasteiger partial charge in [-0.25, -0.2) is 0 Å². The summed E-state index contributed by atoms with van der Waals surface area (Å²) < 4.78 is 5.08. The lowest BCUT2D eigenvalue weighted by Crippen LogP contribution is -2.43. The van der Waals surface area contributed by atoms with E-state index in [-0.39, 0.29) is 17.7 Å². The van der Waals surface area contributed by atoms with Gasteiger partial charge in [-0.15, -0.1) is 0 Å². The molecule has 0 saturated carbocycles. The number of piperidine rings is 1. The fraction of sp³-hybridized carbons (Fsp3) is 0.318. The maximum atomic E-state index is 12.2. The quantitative estimate of drug-likeness (QED) is 0.771. The van der Waals surface area contributed by atoms with Gasteiger partial charge in [0.1, 0.15) is 0 Å². The van der Waals surface area contributed by atoms with Gasteiger partial charge >= 0.3 is 0 Å². The third-order valence-corrected chi connectivity index (χ3v) is 4.81. The van der Waals surface area contributed by atoms with E-state index in [9.17, 15) is 9.90 Å². The van der Waals surface area contributed by atoms with Crippen LogP contribution in [0.15, 0.2) is 54.6 Å². The predicted molar refractivity (Wildman–Crippen MR) is 107 cm³/mol. The van der Waals surface area contributed by atoms with Crippen LogP contribution in [0.5, 0.6) is 11.5 Å². The van der Waals surface area contributed by atoms with Crippen molar-refractivity contribution in [3.8, 4) is 11.5 Å². The molecule has 1 saturated heterocycles. The minimum absolute atomic E-state index is 0.0846. The van der Waals surface area contributed by atoms with Crippen LogP contribution in [0.1, 0.15) is 24.0 Å². The van der Waals surface area contributed by atoms with E-state index in [1.165, 1.54) is 18.7 Å². The van der Waals surface area contributed by atoms with Crippen molar-refractivity contribution in [1.82, 2.24) is 10.2 Å². The highest BCUT2D eigenvalue weighted by Gasteiger charge is 2.19. The molecule has 0 unspecified atom stereocenters. The standard InChI is InChI=1S/C22H26N2O3/c1-27-21-15-17(7-9-20(21)25)8-10-22(26)23-19-11-13-24(14-12-19)16-18-5-3-2-4-6-18/h2-10,15,19,25H,11-14,16H2,1H3,(H,23,26)/b10-8+. The van der Waals surface area contributed by atoms with Crippen LogP contribution < -0.4 is 10.1 Å². The average molecular weight is 366 g/mol. The van der Waals surface area contributed by atoms with Gasteiger partial charge in [-0.3, -0.25) is 9.69 Å². The number of aromatic hydroxyl groups is 1. The Bertz CT molecular complexity index is 781. The summed E-state index contributed by atoms with van der Waals surface area (Å²) >= 11 is 0. The molecule has 0 bridgehead atoms. The molecule has 2 N–H and O–H groups in total. The summed E-state index contributed by atoms with van der Waals surface area (Å²) in [6, 6.07) is 15.7. The first kappa shape index (κ1) is 19.0. The van der Waals surface area contributed by atoms with Crippen molar-refractivity contribution >= 4 is 12.0 Å². The zero-order valence-corrected chi connectivity index (χ0v) is 15.6. The molecule has 142 valence electrons. The SMILES string of the molecule is COc1cc(/C=C/C(=O)NC2CCN(Cc3ccccc3)CC2)ccc1O. The molecule has 3 rings (SSSR count). The number of amides is 1. The van der Waals surface area contributed by atoms with E-state index in [0.29, 0.717) is 5.75 Å². The fourth-order valence-electron chi connectivity index (χ4n) is 3.30. The molecule has 0 aliphatic carbocycles. The number of likely N-dealkylation sites (tertiary alicyclic amines) is 1. The second-order valence-electron chi connectivity index (χ2n) is 6.81. The Hall–Kier alpha value is -2.79. The lowest BCUT2D eigenvalue weighted by Gasteiger charge is -2.32. The Morgan fingerprint density at radius 2 is 1.96 bits per heavy atom. The normalized spacial score (nSPS) is 15.7. The van der Waals surface area contributed by atoms with Crippen molar-refractivity contribution in [2.45, 2.75) is 25.4 Å². The Labute approximate surface area is 160 Å². The highest BCUT2D eigenvalue weighted by molar-refractivity contribution is 5.92. The number of nitrogens with zero attached hydrogens (tertiary/aromatic N) is 1. The topological polar surface area (TPSA) is 61.8 Å². The summed E-state index contributed by atoms with van der Waals surface area (Å²) in [7, 11) is 1.50. The van der Waals surface area contributed by atoms with Crippen LogP contribution in [0, 0.1) is 0 Å². The largest absolute Gasteiger partial charge is 0.504 e. The van der Waals surface area contributed by atoms with Crippen molar-refractivity contribution < 1.29 is 14.6 Å². The number of methoxy groups -OCH3 is 1. The van der Waals surface area contributed by atoms with E-state index in [1.54, 1.807) is 24.3 Å². The summed E-state index contributed by atoms with van der Waals surface area (Å²) in [6.45, 7) is 2.93. The minimum Gasteiger partial charge on any atom is -0.504 e. The molecule has 5 nitrogen and oxygen atoms in total. The number of carbonyl (C=O) groups is 1. The van der Waals surface area contributed by atoms with Crippen LogP contribution in [-0.4, -0.2) is 42.2 Å². The number of phenols is 1. The van der Waals surface area contributed by atoms with Crippen molar-refractivity contribution in [3.63, 3.8) is 0 Å². The van der Waals surface area contributed by atoms with Gasteiger partial charge in [0.15, 0.2) is 11.5 Å². The number of phenolic OH excluding ortho intramolecular Hbond substituents is 1. The average Bonchev–Trinajstić information content (AvgIpc) is 2.69. The lowest BCUT2D eigenvalue weighted by molar-refractivity contribution is -0.117. The first-order valence-corrected chi connectivity index (χ1v) is 9.26. The highest BCUT2D eigenvalue weighted by Crippen LogP contribution is 2.26. The number of rotatable bonds is 6. The summed E-state index contributed by atoms with van der Waals surface area (Å²) in [5, 5.41) is 12.7. The number of carbonyl (C=O) groups excluding carboxylic acids is 1. The Balaban J connectivity index is 1.45. The van der Waals surface area contributed by atoms with Crippen molar-refractivity contribution in [3.05, 3.63) is 65.7 Å². The Kier molecular flexibility index (Phi) is 6.49. The van der Waals surface area contributed by atoms with Gasteiger partial charge in [0, 0.05) is 31.8 Å². The zero-order chi connectivity index (χ0) is 19.1. The van der Waals surface area contributed by atoms with E-state index in [2.05, 4.69) is 34.5 Å². The monoisotopic (exact) mass is 366 g/mol. The van der Waals surface area contributed by atoms with E-state index in [1.807, 2.05) is 6.07 Å². The lowest BCUT2D eigenvalue weighted by atomic mass is 10.0. The number of nitrogens with one attached hydrogen (secondary N) is 1. The molecule has 27 heavy (non-hydrogen) atoms. The van der Waals surface area contributed by atoms with E-state index >= 15 is 0 Å². The summed E-state index contributed by atoms with van der Waals surface area (Å²) in [4.78, 5) is 14.6. The Morgan fingerprint density at radius 3 is 2.67 bits per heavy atom. The van der Waals surface area contributed by atoms with E-state index in [0.717, 1.165) is 38.0 Å². The number of hydrogen-bond acceptors (Lipinski definition) is 4. The zero-order valence-electron chi connectivity index (χ0n) is 15.6. The molecule has 1 aliphatic rings. The molecule has 0 radical (unpaired) electrons. The maximum Gasteiger partial charge on any atom is 0.244 e. The van der Waals surface area contributed by atoms with Gasteiger partial charge < -0.3 is 15.2 Å². The van der Waals surface area contributed by atoms with E-state index < -0.39 is 0 Å². The molecule has 1 amide bonds. The first-order chi connectivity index (χ1) is 13.1. The van der Waals surface area contributed by atoms with Crippen LogP contribution in [0.4, 0.5) is 0 Å². The third-order valence-electron chi connectivity index (χ3n) is 4.81. The molecule has 2 aromatic carbocycles. The van der Waals surface area contributed by atoms with Gasteiger partial charge in [0.2, 0.25) is 5.91 Å². The van der Waals surface area contributed by atoms with Crippen LogP contribution in [0.3, 0.4) is 0 Å². The van der Waals surface area contributed by atoms with Crippen LogP contribution in [0.25, 0.3) is 6.08 Å². The maximum absolute atomic E-state index is 12.2. The smallest absolute Gasteiger partial charge is 0.244 e. The molecule has 1 aliphatic heterocycles. The molecular formula is C22H26N2O3. The van der Waals surface area contributed by atoms with Gasteiger partial charge in [-0.05, 0) is 42.2 Å².